The number of hydrogen-bond acceptors (Lipinski definition) is 3. The van der Waals surface area contributed by atoms with Crippen molar-refractivity contribution in [3.63, 3.8) is 0 Å². The van der Waals surface area contributed by atoms with Crippen molar-refractivity contribution in [1.82, 2.24) is 9.36 Å². The third-order valence-electron chi connectivity index (χ3n) is 1.88. The van der Waals surface area contributed by atoms with E-state index in [2.05, 4.69) is 46.1 Å². The Balaban J connectivity index is 2.81. The maximum absolute atomic E-state index is 4.24. The Morgan fingerprint density at radius 1 is 1.42 bits per heavy atom. The van der Waals surface area contributed by atoms with E-state index in [0.29, 0.717) is 16.7 Å². The molecule has 1 aromatic heterocycles. The maximum Gasteiger partial charge on any atom is 0.129 e. The van der Waals surface area contributed by atoms with Crippen LogP contribution in [0.3, 0.4) is 0 Å². The van der Waals surface area contributed by atoms with Crippen molar-refractivity contribution < 1.29 is 0 Å². The fourth-order valence-electron chi connectivity index (χ4n) is 1.34. The van der Waals surface area contributed by atoms with Crippen LogP contribution in [-0.2, 0) is 0 Å². The molecule has 2 unspecified atom stereocenters. The van der Waals surface area contributed by atoms with Gasteiger partial charge in [-0.3, -0.25) is 0 Å². The van der Waals surface area contributed by atoms with Gasteiger partial charge >= 0.3 is 0 Å². The minimum Gasteiger partial charge on any atom is -0.228 e. The predicted octanol–water partition coefficient (Wildman–Crippen LogP) is 3.06. The molecule has 0 aromatic carbocycles. The summed E-state index contributed by atoms with van der Waals surface area (Å²) in [5.41, 5.74) is 0. The van der Waals surface area contributed by atoms with Crippen LogP contribution in [0.1, 0.15) is 31.7 Å². The van der Waals surface area contributed by atoms with Crippen molar-refractivity contribution in [3.8, 4) is 0 Å². The molecule has 2 nitrogen and oxygen atoms in total. The first-order valence-electron chi connectivity index (χ1n) is 4.03. The Morgan fingerprint density at radius 3 is 2.42 bits per heavy atom. The van der Waals surface area contributed by atoms with Crippen molar-refractivity contribution in [1.29, 1.82) is 0 Å². The van der Waals surface area contributed by atoms with Crippen LogP contribution in [0.25, 0.3) is 0 Å². The first-order valence-corrected chi connectivity index (χ1v) is 5.72. The molecule has 1 heterocycles. The van der Waals surface area contributed by atoms with Crippen LogP contribution in [0, 0.1) is 5.92 Å². The van der Waals surface area contributed by atoms with Gasteiger partial charge in [-0.15, -0.1) is 0 Å². The summed E-state index contributed by atoms with van der Waals surface area (Å²) in [6.45, 7) is 6.58. The molecule has 1 rings (SSSR count). The van der Waals surface area contributed by atoms with E-state index in [1.807, 2.05) is 0 Å². The average Bonchev–Trinajstić information content (AvgIpc) is 2.37. The van der Waals surface area contributed by atoms with E-state index in [9.17, 15) is 0 Å². The monoisotopic (exact) mass is 248 g/mol. The molecular weight excluding hydrogens is 236 g/mol. The number of nitrogens with zero attached hydrogens (tertiary/aromatic N) is 2. The molecule has 0 saturated heterocycles. The van der Waals surface area contributed by atoms with E-state index in [-0.39, 0.29) is 0 Å². The van der Waals surface area contributed by atoms with E-state index in [1.54, 1.807) is 6.33 Å². The smallest absolute Gasteiger partial charge is 0.129 e. The van der Waals surface area contributed by atoms with Gasteiger partial charge in [0.1, 0.15) is 11.3 Å². The summed E-state index contributed by atoms with van der Waals surface area (Å²) in [6, 6.07) is 0. The van der Waals surface area contributed by atoms with Gasteiger partial charge in [0.2, 0.25) is 0 Å². The number of halogens is 1. The lowest BCUT2D eigenvalue weighted by molar-refractivity contribution is 0.496. The first kappa shape index (κ1) is 10.1. The van der Waals surface area contributed by atoms with Crippen molar-refractivity contribution in [3.05, 3.63) is 11.3 Å². The molecule has 0 bridgehead atoms. The zero-order chi connectivity index (χ0) is 9.14. The van der Waals surface area contributed by atoms with Gasteiger partial charge in [-0.2, -0.15) is 4.37 Å². The van der Waals surface area contributed by atoms with Gasteiger partial charge < -0.3 is 0 Å². The van der Waals surface area contributed by atoms with Crippen LogP contribution in [-0.4, -0.2) is 14.2 Å². The average molecular weight is 249 g/mol. The third kappa shape index (κ3) is 2.26. The highest BCUT2D eigenvalue weighted by atomic mass is 79.9. The lowest BCUT2D eigenvalue weighted by atomic mass is 9.94. The first-order chi connectivity index (χ1) is 5.63. The molecule has 1 aromatic rings. The summed E-state index contributed by atoms with van der Waals surface area (Å²) in [7, 11) is 0. The van der Waals surface area contributed by atoms with Crippen molar-refractivity contribution >= 4 is 27.5 Å². The summed E-state index contributed by atoms with van der Waals surface area (Å²) in [6.07, 6.45) is 1.63. The standard InChI is InChI=1S/C8H13BrN2S/c1-5(2)7(6(3)9)8-10-4-11-12-8/h4-7H,1-3H3. The highest BCUT2D eigenvalue weighted by Gasteiger charge is 2.23. The lowest BCUT2D eigenvalue weighted by Gasteiger charge is -2.20. The third-order valence-corrected chi connectivity index (χ3v) is 3.21. The van der Waals surface area contributed by atoms with Gasteiger partial charge in [0.15, 0.2) is 0 Å². The maximum atomic E-state index is 4.24. The normalized spacial score (nSPS) is 16.4. The zero-order valence-electron chi connectivity index (χ0n) is 7.49. The molecule has 0 amide bonds. The van der Waals surface area contributed by atoms with Gasteiger partial charge in [-0.25, -0.2) is 4.98 Å². The highest BCUT2D eigenvalue weighted by Crippen LogP contribution is 2.32. The summed E-state index contributed by atoms with van der Waals surface area (Å²) < 4.78 is 4.02. The molecule has 0 aliphatic carbocycles. The van der Waals surface area contributed by atoms with Gasteiger partial charge in [0.05, 0.1) is 0 Å². The minimum atomic E-state index is 0.463. The minimum absolute atomic E-state index is 0.463. The van der Waals surface area contributed by atoms with Crippen LogP contribution >= 0.6 is 27.5 Å². The van der Waals surface area contributed by atoms with E-state index in [4.69, 9.17) is 0 Å². The fraction of sp³-hybridized carbons (Fsp3) is 0.750. The Morgan fingerprint density at radius 2 is 2.08 bits per heavy atom. The van der Waals surface area contributed by atoms with Crippen LogP contribution in [0.15, 0.2) is 6.33 Å². The second kappa shape index (κ2) is 4.33. The van der Waals surface area contributed by atoms with Gasteiger partial charge in [0.25, 0.3) is 0 Å². The summed E-state index contributed by atoms with van der Waals surface area (Å²) >= 11 is 5.10. The van der Waals surface area contributed by atoms with Crippen LogP contribution < -0.4 is 0 Å². The number of hydrogen-bond donors (Lipinski definition) is 0. The van der Waals surface area contributed by atoms with E-state index in [0.717, 1.165) is 5.01 Å². The zero-order valence-corrected chi connectivity index (χ0v) is 9.89. The molecule has 12 heavy (non-hydrogen) atoms. The summed E-state index contributed by atoms with van der Waals surface area (Å²) in [5, 5.41) is 1.13. The van der Waals surface area contributed by atoms with Crippen LogP contribution in [0.4, 0.5) is 0 Å². The number of alkyl halides is 1. The molecule has 0 spiro atoms. The van der Waals surface area contributed by atoms with Gasteiger partial charge in [0, 0.05) is 10.7 Å². The Bertz CT molecular complexity index is 213. The molecule has 68 valence electrons. The SMILES string of the molecule is CC(C)C(c1ncns1)C(C)Br. The molecule has 0 radical (unpaired) electrons. The summed E-state index contributed by atoms with van der Waals surface area (Å²) in [4.78, 5) is 4.70. The van der Waals surface area contributed by atoms with E-state index < -0.39 is 0 Å². The molecule has 0 aliphatic rings. The number of rotatable bonds is 3. The lowest BCUT2D eigenvalue weighted by Crippen LogP contribution is -2.14. The van der Waals surface area contributed by atoms with Gasteiger partial charge in [-0.1, -0.05) is 36.7 Å². The summed E-state index contributed by atoms with van der Waals surface area (Å²) in [5.74, 6) is 1.09. The van der Waals surface area contributed by atoms with E-state index in [1.165, 1.54) is 11.5 Å². The second-order valence-corrected chi connectivity index (χ2v) is 5.48. The van der Waals surface area contributed by atoms with E-state index >= 15 is 0 Å². The van der Waals surface area contributed by atoms with Gasteiger partial charge in [-0.05, 0) is 17.5 Å². The van der Waals surface area contributed by atoms with Crippen molar-refractivity contribution in [2.45, 2.75) is 31.5 Å². The van der Waals surface area contributed by atoms with Crippen LogP contribution in [0.5, 0.6) is 0 Å². The topological polar surface area (TPSA) is 25.8 Å². The molecule has 2 atom stereocenters. The second-order valence-electron chi connectivity index (χ2n) is 3.23. The molecular formula is C8H13BrN2S. The molecule has 4 heteroatoms. The molecule has 0 N–H and O–H groups in total. The highest BCUT2D eigenvalue weighted by molar-refractivity contribution is 9.09. The predicted molar refractivity (Wildman–Crippen MR) is 55.9 cm³/mol. The Kier molecular flexibility index (Phi) is 3.65. The largest absolute Gasteiger partial charge is 0.228 e. The number of aromatic nitrogens is 2. The molecule has 0 saturated carbocycles. The van der Waals surface area contributed by atoms with Crippen LogP contribution in [0.2, 0.25) is 0 Å². The van der Waals surface area contributed by atoms with Crippen molar-refractivity contribution in [2.24, 2.45) is 5.92 Å². The quantitative estimate of drug-likeness (QED) is 0.769. The molecule has 0 aliphatic heterocycles. The van der Waals surface area contributed by atoms with Crippen molar-refractivity contribution in [2.75, 3.05) is 0 Å². The molecule has 0 fully saturated rings. The fourth-order valence-corrected chi connectivity index (χ4v) is 3.27. The Labute approximate surface area is 85.7 Å². The Hall–Kier alpha value is 0.0400.